The van der Waals surface area contributed by atoms with E-state index in [0.717, 1.165) is 39.0 Å². The SMILES string of the molecule is CC1(C)c2cc3ccccc3cc2-c2c(-c3ccc4oc5ccccc5c4c3)cc(-c3ccc4c(c3)-c3cccc5cccc(c35)O4)cc21. The van der Waals surface area contributed by atoms with E-state index in [-0.39, 0.29) is 5.41 Å². The number of ether oxygens (including phenoxy) is 1. The Kier molecular flexibility index (Phi) is 5.21. The Bertz CT molecular complexity index is 2880. The zero-order valence-electron chi connectivity index (χ0n) is 27.2. The van der Waals surface area contributed by atoms with E-state index in [9.17, 15) is 0 Å². The fraction of sp³-hybridized carbons (Fsp3) is 0.0638. The van der Waals surface area contributed by atoms with Gasteiger partial charge in [0.2, 0.25) is 0 Å². The maximum absolute atomic E-state index is 6.48. The molecule has 1 aliphatic carbocycles. The van der Waals surface area contributed by atoms with Gasteiger partial charge in [0.1, 0.15) is 22.7 Å². The molecule has 0 atom stereocenters. The van der Waals surface area contributed by atoms with Gasteiger partial charge in [-0.3, -0.25) is 0 Å². The molecular weight excluding hydrogens is 597 g/mol. The Morgan fingerprint density at radius 3 is 2.06 bits per heavy atom. The summed E-state index contributed by atoms with van der Waals surface area (Å²) in [5.74, 6) is 1.82. The van der Waals surface area contributed by atoms with Gasteiger partial charge in [0.15, 0.2) is 0 Å². The fourth-order valence-corrected chi connectivity index (χ4v) is 8.57. The number of benzene rings is 8. The number of hydrogen-bond acceptors (Lipinski definition) is 2. The third kappa shape index (κ3) is 3.72. The highest BCUT2D eigenvalue weighted by Crippen LogP contribution is 2.55. The molecule has 230 valence electrons. The van der Waals surface area contributed by atoms with Crippen LogP contribution in [0.3, 0.4) is 0 Å². The van der Waals surface area contributed by atoms with Gasteiger partial charge in [0.05, 0.1) is 0 Å². The summed E-state index contributed by atoms with van der Waals surface area (Å²) < 4.78 is 12.7. The lowest BCUT2D eigenvalue weighted by molar-refractivity contribution is 0.487. The summed E-state index contributed by atoms with van der Waals surface area (Å²) in [5, 5.41) is 7.19. The first kappa shape index (κ1) is 26.9. The number of para-hydroxylation sites is 1. The van der Waals surface area contributed by atoms with Gasteiger partial charge < -0.3 is 9.15 Å². The number of furan rings is 1. The minimum absolute atomic E-state index is 0.187. The molecule has 8 aromatic carbocycles. The van der Waals surface area contributed by atoms with Crippen LogP contribution in [0.5, 0.6) is 11.5 Å². The Morgan fingerprint density at radius 1 is 0.429 bits per heavy atom. The molecule has 2 nitrogen and oxygen atoms in total. The van der Waals surface area contributed by atoms with Gasteiger partial charge in [-0.15, -0.1) is 0 Å². The molecule has 0 radical (unpaired) electrons. The first-order valence-electron chi connectivity index (χ1n) is 17.0. The van der Waals surface area contributed by atoms with E-state index in [1.807, 2.05) is 6.07 Å². The third-order valence-electron chi connectivity index (χ3n) is 11.0. The summed E-state index contributed by atoms with van der Waals surface area (Å²) in [6, 6.07) is 52.9. The molecule has 0 unspecified atom stereocenters. The van der Waals surface area contributed by atoms with Gasteiger partial charge in [0.25, 0.3) is 0 Å². The molecular formula is C47H30O2. The fourth-order valence-electron chi connectivity index (χ4n) is 8.57. The third-order valence-corrected chi connectivity index (χ3v) is 11.0. The second-order valence-electron chi connectivity index (χ2n) is 14.1. The lowest BCUT2D eigenvalue weighted by atomic mass is 9.80. The van der Waals surface area contributed by atoms with Crippen molar-refractivity contribution in [2.24, 2.45) is 0 Å². The molecule has 49 heavy (non-hydrogen) atoms. The largest absolute Gasteiger partial charge is 0.456 e. The van der Waals surface area contributed by atoms with Crippen molar-refractivity contribution in [1.82, 2.24) is 0 Å². The van der Waals surface area contributed by atoms with Crippen LogP contribution in [0, 0.1) is 0 Å². The van der Waals surface area contributed by atoms with Crippen LogP contribution in [0.1, 0.15) is 25.0 Å². The number of hydrogen-bond donors (Lipinski definition) is 0. The van der Waals surface area contributed by atoms with Crippen LogP contribution in [0.4, 0.5) is 0 Å². The molecule has 1 aliphatic heterocycles. The second-order valence-corrected chi connectivity index (χ2v) is 14.1. The molecule has 0 saturated heterocycles. The normalized spacial score (nSPS) is 13.8. The maximum atomic E-state index is 6.48. The van der Waals surface area contributed by atoms with E-state index >= 15 is 0 Å². The zero-order chi connectivity index (χ0) is 32.4. The molecule has 11 rings (SSSR count). The Morgan fingerprint density at radius 2 is 1.16 bits per heavy atom. The second kappa shape index (κ2) is 9.49. The minimum Gasteiger partial charge on any atom is -0.456 e. The summed E-state index contributed by atoms with van der Waals surface area (Å²) in [4.78, 5) is 0. The number of rotatable bonds is 2. The Balaban J connectivity index is 1.19. The van der Waals surface area contributed by atoms with E-state index in [0.29, 0.717) is 0 Å². The van der Waals surface area contributed by atoms with E-state index in [1.165, 1.54) is 71.6 Å². The molecule has 0 fully saturated rings. The molecule has 0 spiro atoms. The van der Waals surface area contributed by atoms with Gasteiger partial charge >= 0.3 is 0 Å². The monoisotopic (exact) mass is 626 g/mol. The molecule has 2 heteroatoms. The van der Waals surface area contributed by atoms with Gasteiger partial charge in [0, 0.05) is 27.1 Å². The summed E-state index contributed by atoms with van der Waals surface area (Å²) in [6.45, 7) is 4.76. The van der Waals surface area contributed by atoms with Crippen molar-refractivity contribution < 1.29 is 9.15 Å². The average molecular weight is 627 g/mol. The van der Waals surface area contributed by atoms with Crippen molar-refractivity contribution in [1.29, 1.82) is 0 Å². The summed E-state index contributed by atoms with van der Waals surface area (Å²) >= 11 is 0. The molecule has 2 heterocycles. The first-order valence-corrected chi connectivity index (χ1v) is 17.0. The molecule has 0 saturated carbocycles. The predicted molar refractivity (Wildman–Crippen MR) is 203 cm³/mol. The van der Waals surface area contributed by atoms with Crippen LogP contribution >= 0.6 is 0 Å². The van der Waals surface area contributed by atoms with Crippen LogP contribution in [0.25, 0.3) is 88.0 Å². The highest BCUT2D eigenvalue weighted by Gasteiger charge is 2.38. The van der Waals surface area contributed by atoms with Crippen molar-refractivity contribution in [2.45, 2.75) is 19.3 Å². The van der Waals surface area contributed by atoms with Crippen molar-refractivity contribution in [3.05, 3.63) is 157 Å². The molecule has 2 aliphatic rings. The lowest BCUT2D eigenvalue weighted by Gasteiger charge is -2.24. The Hall–Kier alpha value is -6.12. The van der Waals surface area contributed by atoms with Gasteiger partial charge in [-0.2, -0.15) is 0 Å². The minimum atomic E-state index is -0.187. The average Bonchev–Trinajstić information content (AvgIpc) is 3.61. The van der Waals surface area contributed by atoms with Crippen molar-refractivity contribution >= 4 is 43.5 Å². The molecule has 9 aromatic rings. The van der Waals surface area contributed by atoms with E-state index in [2.05, 4.69) is 153 Å². The quantitative estimate of drug-likeness (QED) is 0.190. The van der Waals surface area contributed by atoms with Crippen molar-refractivity contribution in [2.75, 3.05) is 0 Å². The van der Waals surface area contributed by atoms with E-state index < -0.39 is 0 Å². The van der Waals surface area contributed by atoms with Crippen LogP contribution in [0.2, 0.25) is 0 Å². The predicted octanol–water partition coefficient (Wildman–Crippen LogP) is 13.3. The Labute approximate surface area is 283 Å². The standard InChI is InChI=1S/C47H30O2/c1-47(2)39-25-29-10-4-3-9-28(29)22-38(39)46-35(31-18-20-42-36(23-31)33-13-5-6-15-41(33)48-42)24-32(26-40(46)47)30-17-19-43-37(21-30)34-14-7-11-27-12-8-16-44(49-43)45(27)34/h3-26H,1-2H3. The molecule has 0 bridgehead atoms. The van der Waals surface area contributed by atoms with Crippen molar-refractivity contribution in [3.8, 4) is 56.0 Å². The smallest absolute Gasteiger partial charge is 0.135 e. The summed E-state index contributed by atoms with van der Waals surface area (Å²) in [5.41, 5.74) is 14.2. The molecule has 0 amide bonds. The maximum Gasteiger partial charge on any atom is 0.135 e. The zero-order valence-corrected chi connectivity index (χ0v) is 27.2. The van der Waals surface area contributed by atoms with Crippen LogP contribution < -0.4 is 4.74 Å². The van der Waals surface area contributed by atoms with Crippen LogP contribution in [-0.4, -0.2) is 0 Å². The number of fused-ring (bicyclic) bond motifs is 9. The topological polar surface area (TPSA) is 22.4 Å². The van der Waals surface area contributed by atoms with Crippen LogP contribution in [0.15, 0.2) is 150 Å². The van der Waals surface area contributed by atoms with Crippen LogP contribution in [-0.2, 0) is 5.41 Å². The van der Waals surface area contributed by atoms with Crippen molar-refractivity contribution in [3.63, 3.8) is 0 Å². The molecule has 0 N–H and O–H groups in total. The summed E-state index contributed by atoms with van der Waals surface area (Å²) in [6.07, 6.45) is 0. The van der Waals surface area contributed by atoms with Gasteiger partial charge in [-0.25, -0.2) is 0 Å². The lowest BCUT2D eigenvalue weighted by Crippen LogP contribution is -2.15. The highest BCUT2D eigenvalue weighted by molar-refractivity contribution is 6.08. The first-order chi connectivity index (χ1) is 24.0. The summed E-state index contributed by atoms with van der Waals surface area (Å²) in [7, 11) is 0. The highest BCUT2D eigenvalue weighted by atomic mass is 16.5. The van der Waals surface area contributed by atoms with E-state index in [1.54, 1.807) is 0 Å². The molecule has 1 aromatic heterocycles. The van der Waals surface area contributed by atoms with Gasteiger partial charge in [-0.1, -0.05) is 98.8 Å². The van der Waals surface area contributed by atoms with E-state index in [4.69, 9.17) is 9.15 Å². The van der Waals surface area contributed by atoms with Gasteiger partial charge in [-0.05, 0) is 127 Å².